The molecule has 3 atom stereocenters. The number of hydrogen-bond acceptors (Lipinski definition) is 9. The third-order valence-corrected chi connectivity index (χ3v) is 6.75. The van der Waals surface area contributed by atoms with Crippen molar-refractivity contribution >= 4 is 40.4 Å². The topological polar surface area (TPSA) is 139 Å². The summed E-state index contributed by atoms with van der Waals surface area (Å²) in [4.78, 5) is 50.9. The van der Waals surface area contributed by atoms with Crippen LogP contribution in [0.5, 0.6) is 0 Å². The average Bonchev–Trinajstić information content (AvgIpc) is 3.46. The molecule has 0 aliphatic carbocycles. The molecule has 10 nitrogen and oxygen atoms in total. The van der Waals surface area contributed by atoms with Crippen molar-refractivity contribution in [2.75, 3.05) is 0 Å². The summed E-state index contributed by atoms with van der Waals surface area (Å²) in [5.74, 6) is -0.644. The molecule has 0 fully saturated rings. The van der Waals surface area contributed by atoms with Gasteiger partial charge in [0.2, 0.25) is 5.89 Å². The molecule has 3 aromatic rings. The lowest BCUT2D eigenvalue weighted by Gasteiger charge is -2.11. The molecule has 0 spiro atoms. The first kappa shape index (κ1) is 21.1. The Morgan fingerprint density at radius 1 is 0.774 bits per heavy atom. The van der Waals surface area contributed by atoms with Crippen molar-refractivity contribution in [3.63, 3.8) is 0 Å². The minimum atomic E-state index is -0.576. The van der Waals surface area contributed by atoms with E-state index in [0.717, 1.165) is 0 Å². The summed E-state index contributed by atoms with van der Waals surface area (Å²) < 4.78 is 5.62. The highest BCUT2D eigenvalue weighted by atomic mass is 32.1. The summed E-state index contributed by atoms with van der Waals surface area (Å²) in [5.41, 5.74) is 0.598. The van der Waals surface area contributed by atoms with Gasteiger partial charge in [0, 0.05) is 10.8 Å². The van der Waals surface area contributed by atoms with Crippen molar-refractivity contribution in [2.45, 2.75) is 45.8 Å². The Morgan fingerprint density at radius 3 is 1.81 bits per heavy atom. The molecule has 3 aromatic heterocycles. The van der Waals surface area contributed by atoms with Crippen LogP contribution in [0.2, 0.25) is 0 Å². The van der Waals surface area contributed by atoms with Gasteiger partial charge in [0.1, 0.15) is 33.2 Å². The van der Waals surface area contributed by atoms with Gasteiger partial charge in [-0.3, -0.25) is 14.4 Å². The Hall–Kier alpha value is -3.12. The molecule has 0 radical (unpaired) electrons. The summed E-state index contributed by atoms with van der Waals surface area (Å²) >= 11 is 2.55. The second-order valence-corrected chi connectivity index (χ2v) is 8.96. The number of thiazole rings is 2. The lowest BCUT2D eigenvalue weighted by molar-refractivity contribution is 0.0924. The predicted octanol–water partition coefficient (Wildman–Crippen LogP) is 2.68. The average molecular weight is 461 g/mol. The molecule has 1 aliphatic heterocycles. The van der Waals surface area contributed by atoms with Gasteiger partial charge in [0.05, 0.1) is 12.1 Å². The molecule has 0 saturated carbocycles. The van der Waals surface area contributed by atoms with E-state index in [1.165, 1.54) is 22.7 Å². The van der Waals surface area contributed by atoms with Crippen LogP contribution in [0.4, 0.5) is 0 Å². The zero-order valence-corrected chi connectivity index (χ0v) is 18.8. The maximum absolute atomic E-state index is 12.7. The number of rotatable bonds is 0. The number of hydrogen-bond donors (Lipinski definition) is 3. The second-order valence-electron chi connectivity index (χ2n) is 7.18. The fourth-order valence-corrected chi connectivity index (χ4v) is 4.60. The molecule has 1 aliphatic rings. The van der Waals surface area contributed by atoms with E-state index < -0.39 is 29.9 Å². The monoisotopic (exact) mass is 460 g/mol. The highest BCUT2D eigenvalue weighted by molar-refractivity contribution is 7.10. The standard InChI is InChI=1S/C19H20N6O4S2/c1-7-17-25-13(10(4)29-17)16(28)22-9(3)19-24-12(6-31-19)15(27)21-8(2)18-23-11(5-30-18)14(26)20-7/h5-9H,1-4H3,(H,20,26)(H,21,27)(H,22,28)/t7-,8?,9?/m0/s1. The summed E-state index contributed by atoms with van der Waals surface area (Å²) in [6, 6.07) is -1.42. The number of oxazole rings is 1. The molecule has 0 saturated heterocycles. The van der Waals surface area contributed by atoms with Gasteiger partial charge >= 0.3 is 0 Å². The molecule has 4 rings (SSSR count). The van der Waals surface area contributed by atoms with Crippen molar-refractivity contribution in [3.8, 4) is 0 Å². The van der Waals surface area contributed by atoms with E-state index in [1.54, 1.807) is 38.5 Å². The summed E-state index contributed by atoms with van der Waals surface area (Å²) in [6.07, 6.45) is 0. The van der Waals surface area contributed by atoms with Crippen LogP contribution >= 0.6 is 22.7 Å². The quantitative estimate of drug-likeness (QED) is 0.469. The van der Waals surface area contributed by atoms with Gasteiger partial charge in [-0.05, 0) is 27.7 Å². The van der Waals surface area contributed by atoms with Crippen molar-refractivity contribution in [1.82, 2.24) is 30.9 Å². The van der Waals surface area contributed by atoms with Crippen LogP contribution in [0.3, 0.4) is 0 Å². The van der Waals surface area contributed by atoms with Crippen molar-refractivity contribution in [3.05, 3.63) is 49.5 Å². The third-order valence-electron chi connectivity index (χ3n) is 4.69. The van der Waals surface area contributed by atoms with Crippen molar-refractivity contribution in [2.24, 2.45) is 0 Å². The molecule has 2 unspecified atom stereocenters. The van der Waals surface area contributed by atoms with Crippen molar-refractivity contribution < 1.29 is 18.8 Å². The predicted molar refractivity (Wildman–Crippen MR) is 113 cm³/mol. The highest BCUT2D eigenvalue weighted by Crippen LogP contribution is 2.23. The summed E-state index contributed by atoms with van der Waals surface area (Å²) in [7, 11) is 0. The summed E-state index contributed by atoms with van der Waals surface area (Å²) in [5, 5.41) is 12.9. The number of amides is 3. The zero-order chi connectivity index (χ0) is 22.3. The molecule has 31 heavy (non-hydrogen) atoms. The van der Waals surface area contributed by atoms with E-state index in [9.17, 15) is 14.4 Å². The van der Waals surface area contributed by atoms with Gasteiger partial charge in [-0.15, -0.1) is 22.7 Å². The van der Waals surface area contributed by atoms with E-state index in [-0.39, 0.29) is 28.9 Å². The molecular weight excluding hydrogens is 440 g/mol. The van der Waals surface area contributed by atoms with Gasteiger partial charge in [-0.2, -0.15) is 0 Å². The van der Waals surface area contributed by atoms with E-state index in [0.29, 0.717) is 15.8 Å². The Balaban J connectivity index is 1.71. The van der Waals surface area contributed by atoms with Gasteiger partial charge in [0.25, 0.3) is 17.7 Å². The van der Waals surface area contributed by atoms with E-state index in [2.05, 4.69) is 30.9 Å². The Labute approximate surface area is 185 Å². The van der Waals surface area contributed by atoms with Crippen LogP contribution < -0.4 is 16.0 Å². The molecule has 12 heteroatoms. The zero-order valence-electron chi connectivity index (χ0n) is 17.2. The first-order chi connectivity index (χ1) is 14.7. The van der Waals surface area contributed by atoms with Gasteiger partial charge in [0.15, 0.2) is 5.69 Å². The number of nitrogens with zero attached hydrogens (tertiary/aromatic N) is 3. The number of fused-ring (bicyclic) bond motifs is 6. The number of carbonyl (C=O) groups excluding carboxylic acids is 3. The molecular formula is C19H20N6O4S2. The van der Waals surface area contributed by atoms with E-state index in [1.807, 2.05) is 0 Å². The second kappa shape index (κ2) is 8.19. The Bertz CT molecular complexity index is 1170. The Morgan fingerprint density at radius 2 is 1.26 bits per heavy atom. The maximum atomic E-state index is 12.7. The fraction of sp³-hybridized carbons (Fsp3) is 0.368. The van der Waals surface area contributed by atoms with Crippen molar-refractivity contribution in [1.29, 1.82) is 0 Å². The van der Waals surface area contributed by atoms with Gasteiger partial charge < -0.3 is 20.4 Å². The Kier molecular flexibility index (Phi) is 5.58. The first-order valence-corrected chi connectivity index (χ1v) is 11.3. The van der Waals surface area contributed by atoms with Crippen LogP contribution in [0.15, 0.2) is 15.2 Å². The number of aromatic nitrogens is 3. The molecule has 162 valence electrons. The molecule has 3 amide bonds. The van der Waals surface area contributed by atoms with Gasteiger partial charge in [-0.25, -0.2) is 15.0 Å². The largest absolute Gasteiger partial charge is 0.443 e. The molecule has 4 heterocycles. The number of nitrogens with one attached hydrogen (secondary N) is 3. The fourth-order valence-electron chi connectivity index (χ4n) is 2.99. The number of carbonyl (C=O) groups is 3. The summed E-state index contributed by atoms with van der Waals surface area (Å²) in [6.45, 7) is 6.90. The molecule has 3 N–H and O–H groups in total. The minimum Gasteiger partial charge on any atom is -0.443 e. The van der Waals surface area contributed by atoms with Gasteiger partial charge in [-0.1, -0.05) is 0 Å². The normalized spacial score (nSPS) is 22.2. The van der Waals surface area contributed by atoms with Crippen LogP contribution in [-0.2, 0) is 0 Å². The highest BCUT2D eigenvalue weighted by Gasteiger charge is 2.26. The van der Waals surface area contributed by atoms with Crippen LogP contribution in [0.25, 0.3) is 0 Å². The van der Waals surface area contributed by atoms with E-state index >= 15 is 0 Å². The lowest BCUT2D eigenvalue weighted by atomic mass is 10.3. The molecule has 0 aromatic carbocycles. The smallest absolute Gasteiger partial charge is 0.274 e. The van der Waals surface area contributed by atoms with Crippen LogP contribution in [0, 0.1) is 6.92 Å². The third kappa shape index (κ3) is 4.21. The van der Waals surface area contributed by atoms with Crippen LogP contribution in [-0.4, -0.2) is 32.7 Å². The lowest BCUT2D eigenvalue weighted by Crippen LogP contribution is -2.30. The number of aryl methyl sites for hydroxylation is 1. The SMILES string of the molecule is Cc1oc2nc1C(=O)NC(C)c1nc(cs1)C(=O)NC(C)c1nc(cs1)C(=O)N[C@H]2C. The minimum absolute atomic E-state index is 0.128. The first-order valence-electron chi connectivity index (χ1n) is 9.53. The molecule has 6 bridgehead atoms. The maximum Gasteiger partial charge on any atom is 0.274 e. The van der Waals surface area contributed by atoms with E-state index in [4.69, 9.17) is 4.42 Å². The van der Waals surface area contributed by atoms with Crippen LogP contribution in [0.1, 0.15) is 92.0 Å².